The maximum absolute atomic E-state index is 12.6. The van der Waals surface area contributed by atoms with Crippen molar-refractivity contribution in [3.05, 3.63) is 28.3 Å². The minimum atomic E-state index is -3.44. The van der Waals surface area contributed by atoms with Gasteiger partial charge in [-0.2, -0.15) is 0 Å². The summed E-state index contributed by atoms with van der Waals surface area (Å²) in [6.45, 7) is 1.20. The Kier molecular flexibility index (Phi) is 6.74. The number of imide groups is 1. The third-order valence-electron chi connectivity index (χ3n) is 6.00. The van der Waals surface area contributed by atoms with Crippen LogP contribution in [-0.4, -0.2) is 50.7 Å². The molecule has 0 aromatic heterocycles. The first-order chi connectivity index (χ1) is 14.8. The molecule has 1 saturated carbocycles. The highest BCUT2D eigenvalue weighted by Gasteiger charge is 2.31. The van der Waals surface area contributed by atoms with Crippen LogP contribution in [0, 0.1) is 5.92 Å². The zero-order valence-corrected chi connectivity index (χ0v) is 18.9. The molecule has 1 aliphatic heterocycles. The van der Waals surface area contributed by atoms with Crippen LogP contribution in [-0.2, 0) is 21.2 Å². The molecule has 2 N–H and O–H groups in total. The number of ether oxygens (including phenoxy) is 1. The number of carbonyl (C=O) groups excluding carboxylic acids is 2. The van der Waals surface area contributed by atoms with E-state index >= 15 is 0 Å². The third kappa shape index (κ3) is 5.70. The first kappa shape index (κ1) is 22.4. The van der Waals surface area contributed by atoms with Gasteiger partial charge >= 0.3 is 6.03 Å². The van der Waals surface area contributed by atoms with Gasteiger partial charge in [-0.05, 0) is 56.1 Å². The number of amides is 3. The molecule has 4 rings (SSSR count). The van der Waals surface area contributed by atoms with Crippen LogP contribution in [0.1, 0.15) is 55.7 Å². The van der Waals surface area contributed by atoms with E-state index < -0.39 is 10.0 Å². The number of hydrogen-bond donors (Lipinski definition) is 2. The van der Waals surface area contributed by atoms with Crippen LogP contribution in [0.2, 0.25) is 5.02 Å². The molecular weight excluding hydrogens is 442 g/mol. The molecule has 0 bridgehead atoms. The summed E-state index contributed by atoms with van der Waals surface area (Å²) in [4.78, 5) is 24.1. The molecule has 1 aromatic rings. The molecule has 10 heteroatoms. The Labute approximate surface area is 187 Å². The van der Waals surface area contributed by atoms with Crippen molar-refractivity contribution < 1.29 is 22.7 Å². The molecule has 1 saturated heterocycles. The lowest BCUT2D eigenvalue weighted by molar-refractivity contribution is -0.118. The minimum Gasteiger partial charge on any atom is -0.491 e. The number of nitrogens with one attached hydrogen (secondary N) is 2. The van der Waals surface area contributed by atoms with Gasteiger partial charge < -0.3 is 9.64 Å². The van der Waals surface area contributed by atoms with Crippen molar-refractivity contribution in [2.75, 3.05) is 25.4 Å². The molecule has 1 atom stereocenters. The predicted octanol–water partition coefficient (Wildman–Crippen LogP) is 2.76. The van der Waals surface area contributed by atoms with Gasteiger partial charge in [0.15, 0.2) is 0 Å². The van der Waals surface area contributed by atoms with Gasteiger partial charge in [0, 0.05) is 18.2 Å². The monoisotopic (exact) mass is 469 g/mol. The van der Waals surface area contributed by atoms with E-state index in [2.05, 4.69) is 10.0 Å². The van der Waals surface area contributed by atoms with Crippen molar-refractivity contribution in [1.29, 1.82) is 0 Å². The number of urea groups is 1. The third-order valence-corrected chi connectivity index (χ3v) is 7.77. The maximum atomic E-state index is 12.6. The zero-order valence-electron chi connectivity index (χ0n) is 17.4. The number of sulfonamides is 1. The van der Waals surface area contributed by atoms with Gasteiger partial charge in [-0.3, -0.25) is 10.1 Å². The molecule has 1 unspecified atom stereocenters. The van der Waals surface area contributed by atoms with Crippen molar-refractivity contribution >= 4 is 33.6 Å². The van der Waals surface area contributed by atoms with Gasteiger partial charge in [-0.15, -0.1) is 0 Å². The Bertz CT molecular complexity index is 964. The van der Waals surface area contributed by atoms with E-state index in [0.717, 1.165) is 17.5 Å². The van der Waals surface area contributed by atoms with Crippen LogP contribution in [0.25, 0.3) is 0 Å². The second-order valence-electron chi connectivity index (χ2n) is 8.56. The molecule has 1 aromatic carbocycles. The number of nitrogens with zero attached hydrogens (tertiary/aromatic N) is 1. The molecule has 3 amide bonds. The Hall–Kier alpha value is -1.84. The van der Waals surface area contributed by atoms with E-state index in [1.807, 2.05) is 6.07 Å². The smallest absolute Gasteiger partial charge is 0.324 e. The lowest BCUT2D eigenvalue weighted by Gasteiger charge is -2.17. The van der Waals surface area contributed by atoms with E-state index in [1.165, 1.54) is 17.7 Å². The summed E-state index contributed by atoms with van der Waals surface area (Å²) >= 11 is 6.34. The predicted molar refractivity (Wildman–Crippen MR) is 117 cm³/mol. The molecule has 2 aliphatic carbocycles. The SMILES string of the molecule is O=C1CN(CCCCCS(=O)(=O)NC2CCc3c2ccc(Cl)c3OCC2CC2)C(=O)N1. The normalized spacial score (nSPS) is 20.8. The Balaban J connectivity index is 1.26. The fraction of sp³-hybridized carbons (Fsp3) is 0.619. The van der Waals surface area contributed by atoms with Crippen molar-refractivity contribution in [2.24, 2.45) is 5.92 Å². The van der Waals surface area contributed by atoms with Crippen molar-refractivity contribution in [2.45, 2.75) is 51.0 Å². The molecule has 0 spiro atoms. The minimum absolute atomic E-state index is 0.0303. The summed E-state index contributed by atoms with van der Waals surface area (Å²) in [5.74, 6) is 1.05. The number of hydrogen-bond acceptors (Lipinski definition) is 5. The van der Waals surface area contributed by atoms with Gasteiger partial charge in [0.2, 0.25) is 15.9 Å². The zero-order chi connectivity index (χ0) is 22.0. The summed E-state index contributed by atoms with van der Waals surface area (Å²) in [7, 11) is -3.44. The van der Waals surface area contributed by atoms with Gasteiger partial charge in [-0.25, -0.2) is 17.9 Å². The van der Waals surface area contributed by atoms with Crippen molar-refractivity contribution in [3.8, 4) is 5.75 Å². The van der Waals surface area contributed by atoms with E-state index in [0.29, 0.717) is 55.5 Å². The van der Waals surface area contributed by atoms with Crippen molar-refractivity contribution in [3.63, 3.8) is 0 Å². The first-order valence-corrected chi connectivity index (χ1v) is 12.9. The van der Waals surface area contributed by atoms with Crippen LogP contribution >= 0.6 is 11.6 Å². The second kappa shape index (κ2) is 9.34. The molecular formula is C21H28ClN3O5S. The largest absolute Gasteiger partial charge is 0.491 e. The molecule has 8 nitrogen and oxygen atoms in total. The van der Waals surface area contributed by atoms with E-state index in [9.17, 15) is 18.0 Å². The van der Waals surface area contributed by atoms with Crippen LogP contribution in [0.5, 0.6) is 5.75 Å². The van der Waals surface area contributed by atoms with Crippen LogP contribution in [0.15, 0.2) is 12.1 Å². The average Bonchev–Trinajstić information content (AvgIpc) is 3.37. The van der Waals surface area contributed by atoms with Gasteiger partial charge in [-0.1, -0.05) is 24.1 Å². The maximum Gasteiger partial charge on any atom is 0.324 e. The van der Waals surface area contributed by atoms with E-state index in [4.69, 9.17) is 16.3 Å². The van der Waals surface area contributed by atoms with Crippen molar-refractivity contribution in [1.82, 2.24) is 14.9 Å². The van der Waals surface area contributed by atoms with E-state index in [1.54, 1.807) is 6.07 Å². The number of fused-ring (bicyclic) bond motifs is 1. The molecule has 170 valence electrons. The first-order valence-electron chi connectivity index (χ1n) is 10.9. The summed E-state index contributed by atoms with van der Waals surface area (Å²) in [5.41, 5.74) is 1.96. The summed E-state index contributed by atoms with van der Waals surface area (Å²) < 4.78 is 34.0. The molecule has 31 heavy (non-hydrogen) atoms. The van der Waals surface area contributed by atoms with Gasteiger partial charge in [0.1, 0.15) is 12.3 Å². The van der Waals surface area contributed by atoms with Crippen LogP contribution in [0.4, 0.5) is 4.79 Å². The Morgan fingerprint density at radius 2 is 1.97 bits per heavy atom. The molecule has 2 fully saturated rings. The molecule has 0 radical (unpaired) electrons. The van der Waals surface area contributed by atoms with Crippen LogP contribution in [0.3, 0.4) is 0 Å². The lowest BCUT2D eigenvalue weighted by atomic mass is 10.1. The fourth-order valence-electron chi connectivity index (χ4n) is 4.12. The standard InChI is InChI=1S/C21H28ClN3O5S/c22-17-8-6-15-16(20(17)30-13-14-4-5-14)7-9-18(15)24-31(28,29)11-3-1-2-10-25-12-19(26)23-21(25)27/h6,8,14,18,24H,1-5,7,9-13H2,(H,23,26,27). The highest BCUT2D eigenvalue weighted by atomic mass is 35.5. The fourth-order valence-corrected chi connectivity index (χ4v) is 5.73. The summed E-state index contributed by atoms with van der Waals surface area (Å²) in [6, 6.07) is 3.04. The molecule has 1 heterocycles. The highest BCUT2D eigenvalue weighted by molar-refractivity contribution is 7.89. The average molecular weight is 470 g/mol. The Morgan fingerprint density at radius 3 is 2.68 bits per heavy atom. The number of halogens is 1. The summed E-state index contributed by atoms with van der Waals surface area (Å²) in [5, 5.41) is 2.81. The lowest BCUT2D eigenvalue weighted by Crippen LogP contribution is -2.30. The topological polar surface area (TPSA) is 105 Å². The number of carbonyl (C=O) groups is 2. The van der Waals surface area contributed by atoms with Crippen LogP contribution < -0.4 is 14.8 Å². The highest BCUT2D eigenvalue weighted by Crippen LogP contribution is 2.42. The van der Waals surface area contributed by atoms with Gasteiger partial charge in [0.25, 0.3) is 0 Å². The number of unbranched alkanes of at least 4 members (excludes halogenated alkanes) is 2. The van der Waals surface area contributed by atoms with E-state index in [-0.39, 0.29) is 30.3 Å². The quantitative estimate of drug-likeness (QED) is 0.383. The number of rotatable bonds is 11. The van der Waals surface area contributed by atoms with Gasteiger partial charge in [0.05, 0.1) is 17.4 Å². The Morgan fingerprint density at radius 1 is 1.16 bits per heavy atom. The number of benzene rings is 1. The molecule has 3 aliphatic rings. The second-order valence-corrected chi connectivity index (χ2v) is 10.8. The summed E-state index contributed by atoms with van der Waals surface area (Å²) in [6.07, 6.45) is 5.62.